The largest absolute Gasteiger partial charge is 0.507 e. The average Bonchev–Trinajstić information content (AvgIpc) is 3.51. The van der Waals surface area contributed by atoms with Crippen molar-refractivity contribution in [3.63, 3.8) is 0 Å². The number of methoxy groups -OCH3 is 1. The van der Waals surface area contributed by atoms with Gasteiger partial charge in [-0.15, -0.1) is 0 Å². The molecular weight excluding hydrogens is 586 g/mol. The zero-order valence-electron chi connectivity index (χ0n) is 27.9. The van der Waals surface area contributed by atoms with Gasteiger partial charge in [0.15, 0.2) is 0 Å². The third kappa shape index (κ3) is 8.65. The van der Waals surface area contributed by atoms with Crippen LogP contribution in [0.5, 0.6) is 28.7 Å². The lowest BCUT2D eigenvalue weighted by atomic mass is 9.99. The molecule has 1 N–H and O–H groups in total. The molecule has 3 aromatic rings. The van der Waals surface area contributed by atoms with Gasteiger partial charge in [0.25, 0.3) is 0 Å². The number of benzene rings is 3. The first-order valence-electron chi connectivity index (χ1n) is 16.1. The van der Waals surface area contributed by atoms with Crippen LogP contribution < -0.4 is 14.2 Å². The van der Waals surface area contributed by atoms with Crippen molar-refractivity contribution in [2.45, 2.75) is 84.8 Å². The van der Waals surface area contributed by atoms with E-state index in [0.717, 1.165) is 48.1 Å². The molecule has 4 rings (SSSR count). The quantitative estimate of drug-likeness (QED) is 0.148. The van der Waals surface area contributed by atoms with E-state index in [2.05, 4.69) is 6.92 Å². The van der Waals surface area contributed by atoms with E-state index in [1.807, 2.05) is 58.0 Å². The Hall–Kier alpha value is -4.40. The SMILES string of the molecule is CCCc1c(OCCCOc2cc(O)c(C3CCCN3C(=O)OC(C)(C)C)cc2CC)cccc1Oc1ccccc1C(=O)OC. The van der Waals surface area contributed by atoms with E-state index in [-0.39, 0.29) is 17.9 Å². The molecule has 1 aliphatic rings. The van der Waals surface area contributed by atoms with Crippen molar-refractivity contribution >= 4 is 12.1 Å². The lowest BCUT2D eigenvalue weighted by Crippen LogP contribution is -2.36. The van der Waals surface area contributed by atoms with Crippen LogP contribution in [0.3, 0.4) is 0 Å². The number of carbonyl (C=O) groups excluding carboxylic acids is 2. The number of esters is 1. The number of hydrogen-bond acceptors (Lipinski definition) is 8. The standard InChI is InChI=1S/C37H47NO8/c1-7-14-26-31(18-11-19-32(26)45-33-17-10-9-15-27(33)35(40)42-6)43-21-13-22-44-34-24-30(39)28(23-25(34)8-2)29-16-12-20-38(29)36(41)46-37(3,4)5/h9-11,15,17-19,23-24,29,39H,7-8,12-14,16,20-22H2,1-6H3. The number of carbonyl (C=O) groups is 2. The number of rotatable bonds is 13. The van der Waals surface area contributed by atoms with Crippen LogP contribution in [0.25, 0.3) is 0 Å². The zero-order chi connectivity index (χ0) is 33.3. The molecule has 1 aliphatic heterocycles. The van der Waals surface area contributed by atoms with Gasteiger partial charge in [0.05, 0.1) is 26.4 Å². The third-order valence-electron chi connectivity index (χ3n) is 7.74. The minimum Gasteiger partial charge on any atom is -0.507 e. The van der Waals surface area contributed by atoms with E-state index in [1.165, 1.54) is 7.11 Å². The van der Waals surface area contributed by atoms with Crippen molar-refractivity contribution in [2.24, 2.45) is 0 Å². The fourth-order valence-electron chi connectivity index (χ4n) is 5.59. The molecule has 1 fully saturated rings. The van der Waals surface area contributed by atoms with Gasteiger partial charge in [-0.3, -0.25) is 0 Å². The Bertz CT molecular complexity index is 1500. The van der Waals surface area contributed by atoms with Crippen molar-refractivity contribution in [2.75, 3.05) is 26.9 Å². The maximum atomic E-state index is 12.9. The molecule has 1 heterocycles. The Labute approximate surface area is 272 Å². The van der Waals surface area contributed by atoms with E-state index in [9.17, 15) is 14.7 Å². The first-order chi connectivity index (χ1) is 22.1. The fourth-order valence-corrected chi connectivity index (χ4v) is 5.59. The van der Waals surface area contributed by atoms with Crippen LogP contribution in [-0.2, 0) is 22.3 Å². The summed E-state index contributed by atoms with van der Waals surface area (Å²) in [6.07, 6.45) is 4.19. The normalized spacial score (nSPS) is 14.6. The van der Waals surface area contributed by atoms with E-state index >= 15 is 0 Å². The van der Waals surface area contributed by atoms with Crippen molar-refractivity contribution in [1.82, 2.24) is 4.90 Å². The number of hydrogen-bond donors (Lipinski definition) is 1. The predicted molar refractivity (Wildman–Crippen MR) is 176 cm³/mol. The van der Waals surface area contributed by atoms with E-state index in [4.69, 9.17) is 23.7 Å². The van der Waals surface area contributed by atoms with E-state index in [0.29, 0.717) is 55.4 Å². The second-order valence-electron chi connectivity index (χ2n) is 12.3. The van der Waals surface area contributed by atoms with Gasteiger partial charge in [0.2, 0.25) is 0 Å². The summed E-state index contributed by atoms with van der Waals surface area (Å²) in [5.41, 5.74) is 2.37. The summed E-state index contributed by atoms with van der Waals surface area (Å²) in [5, 5.41) is 11.0. The highest BCUT2D eigenvalue weighted by atomic mass is 16.6. The lowest BCUT2D eigenvalue weighted by molar-refractivity contribution is 0.0223. The number of nitrogens with zero attached hydrogens (tertiary/aromatic N) is 1. The van der Waals surface area contributed by atoms with Gasteiger partial charge in [0.1, 0.15) is 39.9 Å². The summed E-state index contributed by atoms with van der Waals surface area (Å²) in [7, 11) is 1.35. The maximum absolute atomic E-state index is 12.9. The third-order valence-corrected chi connectivity index (χ3v) is 7.74. The summed E-state index contributed by atoms with van der Waals surface area (Å²) in [4.78, 5) is 26.8. The number of phenols is 1. The average molecular weight is 634 g/mol. The topological polar surface area (TPSA) is 104 Å². The van der Waals surface area contributed by atoms with Crippen LogP contribution >= 0.6 is 0 Å². The molecule has 3 aromatic carbocycles. The number of aryl methyl sites for hydroxylation is 1. The van der Waals surface area contributed by atoms with Crippen LogP contribution in [-0.4, -0.2) is 54.5 Å². The van der Waals surface area contributed by atoms with Crippen LogP contribution in [0.2, 0.25) is 0 Å². The zero-order valence-corrected chi connectivity index (χ0v) is 27.9. The van der Waals surface area contributed by atoms with Crippen molar-refractivity contribution in [3.8, 4) is 28.7 Å². The first-order valence-corrected chi connectivity index (χ1v) is 16.1. The summed E-state index contributed by atoms with van der Waals surface area (Å²) >= 11 is 0. The predicted octanol–water partition coefficient (Wildman–Crippen LogP) is 8.41. The Morgan fingerprint density at radius 2 is 1.63 bits per heavy atom. The smallest absolute Gasteiger partial charge is 0.410 e. The molecule has 1 unspecified atom stereocenters. The molecule has 0 spiro atoms. The highest BCUT2D eigenvalue weighted by Crippen LogP contribution is 2.41. The van der Waals surface area contributed by atoms with Gasteiger partial charge in [-0.1, -0.05) is 38.5 Å². The Morgan fingerprint density at radius 3 is 2.33 bits per heavy atom. The lowest BCUT2D eigenvalue weighted by Gasteiger charge is -2.29. The minimum absolute atomic E-state index is 0.110. The van der Waals surface area contributed by atoms with E-state index in [1.54, 1.807) is 29.2 Å². The molecule has 9 heteroatoms. The number of phenolic OH excluding ortho intramolecular Hbond substituents is 1. The summed E-state index contributed by atoms with van der Waals surface area (Å²) < 4.78 is 29.0. The maximum Gasteiger partial charge on any atom is 0.410 e. The molecule has 0 aliphatic carbocycles. The van der Waals surface area contributed by atoms with Crippen molar-refractivity contribution in [3.05, 3.63) is 76.9 Å². The molecule has 248 valence electrons. The number of likely N-dealkylation sites (tertiary alicyclic amines) is 1. The highest BCUT2D eigenvalue weighted by molar-refractivity contribution is 5.92. The molecule has 0 radical (unpaired) electrons. The van der Waals surface area contributed by atoms with Crippen molar-refractivity contribution < 1.29 is 38.4 Å². The summed E-state index contributed by atoms with van der Waals surface area (Å²) in [6.45, 7) is 11.1. The van der Waals surface area contributed by atoms with Gasteiger partial charge < -0.3 is 33.7 Å². The Kier molecular flexibility index (Phi) is 11.8. The van der Waals surface area contributed by atoms with E-state index < -0.39 is 11.6 Å². The van der Waals surface area contributed by atoms with Gasteiger partial charge in [-0.25, -0.2) is 9.59 Å². The van der Waals surface area contributed by atoms with Crippen LogP contribution in [0, 0.1) is 0 Å². The van der Waals surface area contributed by atoms with Crippen LogP contribution in [0.4, 0.5) is 4.79 Å². The van der Waals surface area contributed by atoms with Crippen molar-refractivity contribution in [1.29, 1.82) is 0 Å². The molecule has 9 nitrogen and oxygen atoms in total. The fraction of sp³-hybridized carbons (Fsp3) is 0.459. The first kappa shape index (κ1) is 34.5. The molecular formula is C37H47NO8. The second kappa shape index (κ2) is 15.7. The summed E-state index contributed by atoms with van der Waals surface area (Å²) in [5.74, 6) is 2.04. The molecule has 0 saturated carbocycles. The number of para-hydroxylation sites is 1. The summed E-state index contributed by atoms with van der Waals surface area (Å²) in [6, 6.07) is 16.0. The van der Waals surface area contributed by atoms with Crippen LogP contribution in [0.1, 0.15) is 93.4 Å². The number of aromatic hydroxyl groups is 1. The Morgan fingerprint density at radius 1 is 0.935 bits per heavy atom. The molecule has 0 aromatic heterocycles. The molecule has 1 saturated heterocycles. The molecule has 1 amide bonds. The number of ether oxygens (including phenoxy) is 5. The highest BCUT2D eigenvalue weighted by Gasteiger charge is 2.35. The minimum atomic E-state index is -0.589. The van der Waals surface area contributed by atoms with Crippen LogP contribution in [0.15, 0.2) is 54.6 Å². The molecule has 1 atom stereocenters. The molecule has 0 bridgehead atoms. The number of amides is 1. The Balaban J connectivity index is 1.39. The molecule has 46 heavy (non-hydrogen) atoms. The van der Waals surface area contributed by atoms with Gasteiger partial charge >= 0.3 is 12.1 Å². The van der Waals surface area contributed by atoms with Gasteiger partial charge in [-0.05, 0) is 82.3 Å². The van der Waals surface area contributed by atoms with Gasteiger partial charge in [-0.2, -0.15) is 0 Å². The monoisotopic (exact) mass is 633 g/mol. The van der Waals surface area contributed by atoms with Gasteiger partial charge in [0, 0.05) is 30.2 Å². The second-order valence-corrected chi connectivity index (χ2v) is 12.3.